The SMILES string of the molecule is CCCOC(=O)c1cc(NC(=O)CN2C(=O)S/C(=C/c3ccc(OCC(=O)Nc4ccc(Br)c(C)c4C)c(OC)c3)C2=O)ccc1Cl. The van der Waals surface area contributed by atoms with Crippen molar-refractivity contribution in [1.29, 1.82) is 0 Å². The number of carbonyl (C=O) groups excluding carboxylic acids is 5. The van der Waals surface area contributed by atoms with Gasteiger partial charge in [-0.2, -0.15) is 0 Å². The van der Waals surface area contributed by atoms with E-state index in [2.05, 4.69) is 26.6 Å². The molecule has 1 saturated heterocycles. The molecule has 1 heterocycles. The molecule has 11 nitrogen and oxygen atoms in total. The summed E-state index contributed by atoms with van der Waals surface area (Å²) in [5.41, 5.74) is 3.47. The summed E-state index contributed by atoms with van der Waals surface area (Å²) in [5.74, 6) is -1.68. The first-order chi connectivity index (χ1) is 22.4. The van der Waals surface area contributed by atoms with Crippen LogP contribution in [0, 0.1) is 13.8 Å². The smallest absolute Gasteiger partial charge is 0.339 e. The Hall–Kier alpha value is -4.33. The number of methoxy groups -OCH3 is 1. The van der Waals surface area contributed by atoms with Crippen LogP contribution >= 0.6 is 39.3 Å². The van der Waals surface area contributed by atoms with Crippen molar-refractivity contribution in [3.8, 4) is 11.5 Å². The van der Waals surface area contributed by atoms with E-state index in [0.29, 0.717) is 40.9 Å². The van der Waals surface area contributed by atoms with Gasteiger partial charge in [0.25, 0.3) is 17.1 Å². The van der Waals surface area contributed by atoms with Crippen LogP contribution in [0.4, 0.5) is 16.2 Å². The lowest BCUT2D eigenvalue weighted by molar-refractivity contribution is -0.127. The number of hydrogen-bond acceptors (Lipinski definition) is 9. The lowest BCUT2D eigenvalue weighted by Crippen LogP contribution is -2.36. The molecule has 0 radical (unpaired) electrons. The molecule has 3 aromatic carbocycles. The minimum atomic E-state index is -0.651. The number of anilines is 2. The van der Waals surface area contributed by atoms with Crippen LogP contribution in [0.3, 0.4) is 0 Å². The summed E-state index contributed by atoms with van der Waals surface area (Å²) >= 11 is 10.3. The van der Waals surface area contributed by atoms with E-state index in [0.717, 1.165) is 20.5 Å². The molecular formula is C33H31BrClN3O8S. The normalized spacial score (nSPS) is 13.5. The number of hydrogen-bond donors (Lipinski definition) is 2. The Kier molecular flexibility index (Phi) is 12.1. The molecule has 4 amide bonds. The van der Waals surface area contributed by atoms with Gasteiger partial charge in [-0.05, 0) is 97.3 Å². The average Bonchev–Trinajstić information content (AvgIpc) is 3.30. The Balaban J connectivity index is 1.38. The van der Waals surface area contributed by atoms with Crippen LogP contribution in [0.1, 0.15) is 40.4 Å². The number of nitrogens with zero attached hydrogens (tertiary/aromatic N) is 1. The molecule has 0 atom stereocenters. The van der Waals surface area contributed by atoms with Crippen LogP contribution < -0.4 is 20.1 Å². The molecular weight excluding hydrogens is 714 g/mol. The third-order valence-electron chi connectivity index (χ3n) is 6.92. The zero-order chi connectivity index (χ0) is 34.2. The van der Waals surface area contributed by atoms with Crippen molar-refractivity contribution in [1.82, 2.24) is 4.90 Å². The molecule has 2 N–H and O–H groups in total. The number of esters is 1. The van der Waals surface area contributed by atoms with Gasteiger partial charge in [-0.1, -0.05) is 40.5 Å². The van der Waals surface area contributed by atoms with E-state index in [-0.39, 0.29) is 40.3 Å². The Labute approximate surface area is 289 Å². The number of nitrogens with one attached hydrogen (secondary N) is 2. The van der Waals surface area contributed by atoms with Crippen molar-refractivity contribution in [2.45, 2.75) is 27.2 Å². The topological polar surface area (TPSA) is 140 Å². The quantitative estimate of drug-likeness (QED) is 0.148. The fraction of sp³-hybridized carbons (Fsp3) is 0.242. The van der Waals surface area contributed by atoms with Crippen LogP contribution in [0.2, 0.25) is 5.02 Å². The highest BCUT2D eigenvalue weighted by atomic mass is 79.9. The highest BCUT2D eigenvalue weighted by molar-refractivity contribution is 9.10. The van der Waals surface area contributed by atoms with Gasteiger partial charge in [-0.15, -0.1) is 0 Å². The second kappa shape index (κ2) is 16.0. The van der Waals surface area contributed by atoms with Gasteiger partial charge >= 0.3 is 5.97 Å². The molecule has 1 aliphatic rings. The van der Waals surface area contributed by atoms with Gasteiger partial charge in [0.1, 0.15) is 6.54 Å². The zero-order valence-corrected chi connectivity index (χ0v) is 29.1. The maximum atomic E-state index is 13.1. The standard InChI is InChI=1S/C33H31BrClN3O8S/c1-5-12-45-32(42)22-15-21(7-9-24(22)35)36-29(39)16-38-31(41)28(47-33(38)43)14-20-6-11-26(27(13-20)44-4)46-17-30(40)37-25-10-8-23(34)18(2)19(25)3/h6-11,13-15H,5,12,16-17H2,1-4H3,(H,36,39)(H,37,40)/b28-14+. The monoisotopic (exact) mass is 743 g/mol. The number of thioether (sulfide) groups is 1. The molecule has 14 heteroatoms. The van der Waals surface area contributed by atoms with Gasteiger partial charge in [0.15, 0.2) is 18.1 Å². The molecule has 0 aromatic heterocycles. The van der Waals surface area contributed by atoms with Gasteiger partial charge in [-0.25, -0.2) is 4.79 Å². The molecule has 1 aliphatic heterocycles. The van der Waals surface area contributed by atoms with E-state index in [1.165, 1.54) is 31.4 Å². The van der Waals surface area contributed by atoms with Crippen molar-refractivity contribution in [2.75, 3.05) is 37.5 Å². The number of amides is 4. The Bertz CT molecular complexity index is 1780. The van der Waals surface area contributed by atoms with Gasteiger partial charge < -0.3 is 24.8 Å². The summed E-state index contributed by atoms with van der Waals surface area (Å²) in [7, 11) is 1.43. The third-order valence-corrected chi connectivity index (χ3v) is 9.02. The van der Waals surface area contributed by atoms with Gasteiger partial charge in [0.05, 0.1) is 29.2 Å². The van der Waals surface area contributed by atoms with Gasteiger partial charge in [0.2, 0.25) is 5.91 Å². The predicted octanol–water partition coefficient (Wildman–Crippen LogP) is 6.99. The number of benzene rings is 3. The zero-order valence-electron chi connectivity index (χ0n) is 25.9. The van der Waals surface area contributed by atoms with E-state index >= 15 is 0 Å². The number of ether oxygens (including phenoxy) is 3. The lowest BCUT2D eigenvalue weighted by Gasteiger charge is -2.14. The molecule has 3 aromatic rings. The van der Waals surface area contributed by atoms with Crippen LogP contribution in [0.5, 0.6) is 11.5 Å². The molecule has 0 saturated carbocycles. The molecule has 47 heavy (non-hydrogen) atoms. The van der Waals surface area contributed by atoms with Crippen molar-refractivity contribution < 1.29 is 38.2 Å². The van der Waals surface area contributed by atoms with E-state index in [1.54, 1.807) is 24.3 Å². The second-order valence-corrected chi connectivity index (χ2v) is 12.5. The summed E-state index contributed by atoms with van der Waals surface area (Å²) in [6.45, 7) is 5.11. The Morgan fingerprint density at radius 2 is 1.74 bits per heavy atom. The highest BCUT2D eigenvalue weighted by Crippen LogP contribution is 2.35. The van der Waals surface area contributed by atoms with Crippen LogP contribution in [-0.2, 0) is 19.1 Å². The predicted molar refractivity (Wildman–Crippen MR) is 184 cm³/mol. The molecule has 0 spiro atoms. The van der Waals surface area contributed by atoms with Gasteiger partial charge in [0, 0.05) is 15.8 Å². The first kappa shape index (κ1) is 35.5. The van der Waals surface area contributed by atoms with E-state index in [1.807, 2.05) is 26.8 Å². The van der Waals surface area contributed by atoms with Crippen LogP contribution in [0.15, 0.2) is 57.9 Å². The Morgan fingerprint density at radius 3 is 2.47 bits per heavy atom. The molecule has 246 valence electrons. The fourth-order valence-corrected chi connectivity index (χ4v) is 5.77. The number of halogens is 2. The average molecular weight is 745 g/mol. The van der Waals surface area contributed by atoms with E-state index < -0.39 is 29.6 Å². The molecule has 4 rings (SSSR count). The Morgan fingerprint density at radius 1 is 0.979 bits per heavy atom. The number of carbonyl (C=O) groups is 5. The van der Waals surface area contributed by atoms with Crippen LogP contribution in [0.25, 0.3) is 6.08 Å². The van der Waals surface area contributed by atoms with E-state index in [4.69, 9.17) is 25.8 Å². The second-order valence-electron chi connectivity index (χ2n) is 10.2. The summed E-state index contributed by atoms with van der Waals surface area (Å²) in [6, 6.07) is 12.8. The maximum Gasteiger partial charge on any atom is 0.339 e. The van der Waals surface area contributed by atoms with Crippen molar-refractivity contribution in [3.63, 3.8) is 0 Å². The summed E-state index contributed by atoms with van der Waals surface area (Å²) < 4.78 is 17.2. The largest absolute Gasteiger partial charge is 0.493 e. The van der Waals surface area contributed by atoms with Crippen molar-refractivity contribution in [3.05, 3.63) is 85.2 Å². The molecule has 0 bridgehead atoms. The maximum absolute atomic E-state index is 13.1. The minimum absolute atomic E-state index is 0.0769. The first-order valence-corrected chi connectivity index (χ1v) is 16.3. The summed E-state index contributed by atoms with van der Waals surface area (Å²) in [6.07, 6.45) is 2.13. The van der Waals surface area contributed by atoms with Crippen molar-refractivity contribution in [2.24, 2.45) is 0 Å². The lowest BCUT2D eigenvalue weighted by atomic mass is 10.1. The summed E-state index contributed by atoms with van der Waals surface area (Å²) in [5, 5.41) is 4.95. The summed E-state index contributed by atoms with van der Waals surface area (Å²) in [4.78, 5) is 64.2. The van der Waals surface area contributed by atoms with E-state index in [9.17, 15) is 24.0 Å². The highest BCUT2D eigenvalue weighted by Gasteiger charge is 2.36. The number of rotatable bonds is 12. The van der Waals surface area contributed by atoms with Crippen LogP contribution in [-0.4, -0.2) is 60.7 Å². The van der Waals surface area contributed by atoms with Crippen molar-refractivity contribution >= 4 is 85.7 Å². The minimum Gasteiger partial charge on any atom is -0.493 e. The number of imide groups is 1. The first-order valence-electron chi connectivity index (χ1n) is 14.3. The molecule has 0 unspecified atom stereocenters. The molecule has 0 aliphatic carbocycles. The fourth-order valence-electron chi connectivity index (χ4n) is 4.31. The van der Waals surface area contributed by atoms with Gasteiger partial charge in [-0.3, -0.25) is 24.1 Å². The molecule has 1 fully saturated rings. The third kappa shape index (κ3) is 8.93.